The van der Waals surface area contributed by atoms with E-state index in [-0.39, 0.29) is 11.0 Å². The van der Waals surface area contributed by atoms with Gasteiger partial charge in [0.15, 0.2) is 10.1 Å². The summed E-state index contributed by atoms with van der Waals surface area (Å²) in [5.41, 5.74) is 7.21. The highest BCUT2D eigenvalue weighted by molar-refractivity contribution is 8.02. The van der Waals surface area contributed by atoms with Crippen LogP contribution in [0.15, 0.2) is 34.8 Å². The number of nitrogens with zero attached hydrogens (tertiary/aromatic N) is 2. The third kappa shape index (κ3) is 2.41. The van der Waals surface area contributed by atoms with Crippen molar-refractivity contribution in [2.75, 3.05) is 5.73 Å². The number of anilines is 1. The van der Waals surface area contributed by atoms with Gasteiger partial charge in [0.25, 0.3) is 0 Å². The predicted molar refractivity (Wildman–Crippen MR) is 82.3 cm³/mol. The fraction of sp³-hybridized carbons (Fsp3) is 0.154. The normalized spacial score (nSPS) is 12.7. The number of hydrogen-bond acceptors (Lipinski definition) is 6. The van der Waals surface area contributed by atoms with Crippen LogP contribution in [-0.2, 0) is 0 Å². The second-order valence-electron chi connectivity index (χ2n) is 4.28. The van der Waals surface area contributed by atoms with Crippen LogP contribution in [-0.4, -0.2) is 26.2 Å². The monoisotopic (exact) mass is 304 g/mol. The molecule has 0 amide bonds. The summed E-state index contributed by atoms with van der Waals surface area (Å²) in [5.74, 6) is 0.0706. The summed E-state index contributed by atoms with van der Waals surface area (Å²) in [6.45, 7) is 1.87. The topological polar surface area (TPSA) is 84.7 Å². The molecule has 0 radical (unpaired) electrons. The average Bonchev–Trinajstić information content (AvgIpc) is 3.04. The van der Waals surface area contributed by atoms with Crippen LogP contribution in [0.4, 0.5) is 5.13 Å². The molecule has 0 aliphatic heterocycles. The third-order valence-electron chi connectivity index (χ3n) is 2.92. The highest BCUT2D eigenvalue weighted by Crippen LogP contribution is 2.30. The molecule has 0 saturated heterocycles. The molecule has 0 bridgehead atoms. The number of ketones is 1. The lowest BCUT2D eigenvalue weighted by atomic mass is 10.1. The van der Waals surface area contributed by atoms with E-state index in [1.165, 1.54) is 23.1 Å². The van der Waals surface area contributed by atoms with E-state index in [4.69, 9.17) is 5.73 Å². The highest BCUT2D eigenvalue weighted by Gasteiger charge is 2.21. The van der Waals surface area contributed by atoms with Crippen molar-refractivity contribution >= 4 is 44.9 Å². The number of fused-ring (bicyclic) bond motifs is 1. The number of Topliss-reactive ketones (excluding diaryl/α,β-unsaturated/α-hetero) is 1. The van der Waals surface area contributed by atoms with Gasteiger partial charge in [-0.1, -0.05) is 41.3 Å². The number of carbonyl (C=O) groups is 1. The lowest BCUT2D eigenvalue weighted by molar-refractivity contribution is 0.0995. The predicted octanol–water partition coefficient (Wildman–Crippen LogP) is 2.97. The van der Waals surface area contributed by atoms with Gasteiger partial charge in [-0.25, -0.2) is 0 Å². The number of H-pyrrole nitrogens is 1. The van der Waals surface area contributed by atoms with Gasteiger partial charge in [0, 0.05) is 22.7 Å². The number of rotatable bonds is 4. The van der Waals surface area contributed by atoms with E-state index < -0.39 is 0 Å². The maximum atomic E-state index is 12.5. The third-order valence-corrected chi connectivity index (χ3v) is 4.86. The van der Waals surface area contributed by atoms with Crippen LogP contribution < -0.4 is 5.73 Å². The van der Waals surface area contributed by atoms with E-state index in [9.17, 15) is 4.79 Å². The van der Waals surface area contributed by atoms with Crippen molar-refractivity contribution in [2.45, 2.75) is 16.5 Å². The van der Waals surface area contributed by atoms with E-state index >= 15 is 0 Å². The van der Waals surface area contributed by atoms with Gasteiger partial charge in [-0.05, 0) is 13.0 Å². The van der Waals surface area contributed by atoms with Gasteiger partial charge in [0.1, 0.15) is 0 Å². The first-order chi connectivity index (χ1) is 9.65. The highest BCUT2D eigenvalue weighted by atomic mass is 32.2. The standard InChI is InChI=1S/C13H12N4OS2/c1-7(19-13-17-16-12(14)20-13)11(18)9-6-15-10-5-3-2-4-8(9)10/h2-7,15H,1H3,(H2,14,16). The number of carbonyl (C=O) groups excluding carboxylic acids is 1. The molecule has 20 heavy (non-hydrogen) atoms. The van der Waals surface area contributed by atoms with Crippen LogP contribution in [0.1, 0.15) is 17.3 Å². The largest absolute Gasteiger partial charge is 0.374 e. The smallest absolute Gasteiger partial charge is 0.203 e. The maximum absolute atomic E-state index is 12.5. The quantitative estimate of drug-likeness (QED) is 0.572. The number of benzene rings is 1. The Morgan fingerprint density at radius 3 is 2.95 bits per heavy atom. The van der Waals surface area contributed by atoms with Crippen molar-refractivity contribution in [3.8, 4) is 0 Å². The average molecular weight is 304 g/mol. The van der Waals surface area contributed by atoms with Crippen molar-refractivity contribution in [2.24, 2.45) is 0 Å². The zero-order valence-corrected chi connectivity index (χ0v) is 12.3. The molecule has 0 aliphatic rings. The second kappa shape index (κ2) is 5.26. The van der Waals surface area contributed by atoms with Gasteiger partial charge in [-0.3, -0.25) is 4.79 Å². The van der Waals surface area contributed by atoms with Gasteiger partial charge in [0.05, 0.1) is 5.25 Å². The number of hydrogen-bond donors (Lipinski definition) is 2. The summed E-state index contributed by atoms with van der Waals surface area (Å²) >= 11 is 2.67. The van der Waals surface area contributed by atoms with Crippen molar-refractivity contribution in [1.82, 2.24) is 15.2 Å². The van der Waals surface area contributed by atoms with Crippen molar-refractivity contribution in [3.05, 3.63) is 36.0 Å². The number of aromatic nitrogens is 3. The Bertz CT molecular complexity index is 764. The molecule has 1 atom stereocenters. The molecule has 3 aromatic rings. The minimum absolute atomic E-state index is 0.0706. The van der Waals surface area contributed by atoms with Crippen molar-refractivity contribution in [1.29, 1.82) is 0 Å². The maximum Gasteiger partial charge on any atom is 0.203 e. The van der Waals surface area contributed by atoms with Gasteiger partial charge < -0.3 is 10.7 Å². The number of nitrogens with one attached hydrogen (secondary N) is 1. The Morgan fingerprint density at radius 2 is 2.20 bits per heavy atom. The van der Waals surface area contributed by atoms with E-state index in [1.807, 2.05) is 31.2 Å². The molecule has 7 heteroatoms. The van der Waals surface area contributed by atoms with Gasteiger partial charge in [0.2, 0.25) is 5.13 Å². The number of nitrogen functional groups attached to an aromatic ring is 1. The summed E-state index contributed by atoms with van der Waals surface area (Å²) in [4.78, 5) is 15.6. The summed E-state index contributed by atoms with van der Waals surface area (Å²) in [7, 11) is 0. The van der Waals surface area contributed by atoms with E-state index in [1.54, 1.807) is 6.20 Å². The van der Waals surface area contributed by atoms with Crippen LogP contribution in [0, 0.1) is 0 Å². The fourth-order valence-electron chi connectivity index (χ4n) is 1.97. The van der Waals surface area contributed by atoms with Crippen LogP contribution in [0.25, 0.3) is 10.9 Å². The van der Waals surface area contributed by atoms with Crippen LogP contribution in [0.5, 0.6) is 0 Å². The molecule has 3 rings (SSSR count). The first-order valence-electron chi connectivity index (χ1n) is 6.01. The zero-order valence-electron chi connectivity index (χ0n) is 10.7. The van der Waals surface area contributed by atoms with E-state index in [0.29, 0.717) is 15.0 Å². The van der Waals surface area contributed by atoms with Gasteiger partial charge >= 0.3 is 0 Å². The Labute approximate surface area is 123 Å². The van der Waals surface area contributed by atoms with Crippen molar-refractivity contribution in [3.63, 3.8) is 0 Å². The molecule has 1 aromatic carbocycles. The van der Waals surface area contributed by atoms with Crippen LogP contribution in [0.2, 0.25) is 0 Å². The minimum Gasteiger partial charge on any atom is -0.374 e. The molecule has 1 unspecified atom stereocenters. The van der Waals surface area contributed by atoms with Crippen molar-refractivity contribution < 1.29 is 4.79 Å². The first kappa shape index (κ1) is 13.1. The summed E-state index contributed by atoms with van der Waals surface area (Å²) in [6.07, 6.45) is 1.76. The molecule has 5 nitrogen and oxygen atoms in total. The lowest BCUT2D eigenvalue weighted by Gasteiger charge is -2.06. The number of nitrogens with two attached hydrogens (primary N) is 1. The summed E-state index contributed by atoms with van der Waals surface area (Å²) < 4.78 is 0.711. The van der Waals surface area contributed by atoms with E-state index in [0.717, 1.165) is 10.9 Å². The Hall–Kier alpha value is -1.86. The Morgan fingerprint density at radius 1 is 1.40 bits per heavy atom. The second-order valence-corrected chi connectivity index (χ2v) is 6.88. The molecular formula is C13H12N4OS2. The van der Waals surface area contributed by atoms with Crippen LogP contribution >= 0.6 is 23.1 Å². The first-order valence-corrected chi connectivity index (χ1v) is 7.70. The molecule has 0 spiro atoms. The Kier molecular flexibility index (Phi) is 3.45. The molecule has 3 N–H and O–H groups in total. The molecule has 0 saturated carbocycles. The van der Waals surface area contributed by atoms with E-state index in [2.05, 4.69) is 15.2 Å². The molecule has 0 fully saturated rings. The Balaban J connectivity index is 1.84. The minimum atomic E-state index is -0.235. The molecular weight excluding hydrogens is 292 g/mol. The number of thioether (sulfide) groups is 1. The molecule has 2 aromatic heterocycles. The molecule has 2 heterocycles. The fourth-order valence-corrected chi connectivity index (χ4v) is 3.82. The summed E-state index contributed by atoms with van der Waals surface area (Å²) in [6, 6.07) is 7.76. The van der Waals surface area contributed by atoms with Gasteiger partial charge in [-0.2, -0.15) is 0 Å². The molecule has 0 aliphatic carbocycles. The number of para-hydroxylation sites is 1. The zero-order chi connectivity index (χ0) is 14.1. The number of aromatic amines is 1. The SMILES string of the molecule is CC(Sc1nnc(N)s1)C(=O)c1c[nH]c2ccccc12. The van der Waals surface area contributed by atoms with Crippen LogP contribution in [0.3, 0.4) is 0 Å². The van der Waals surface area contributed by atoms with Gasteiger partial charge in [-0.15, -0.1) is 10.2 Å². The summed E-state index contributed by atoms with van der Waals surface area (Å²) in [5, 5.41) is 8.81. The molecule has 102 valence electrons. The lowest BCUT2D eigenvalue weighted by Crippen LogP contribution is -2.12.